The van der Waals surface area contributed by atoms with Crippen LogP contribution < -0.4 is 4.72 Å². The molecule has 0 aliphatic carbocycles. The minimum atomic E-state index is -3.53. The van der Waals surface area contributed by atoms with E-state index in [0.717, 1.165) is 0 Å². The molecule has 1 N–H and O–H groups in total. The molecule has 0 fully saturated rings. The maximum absolute atomic E-state index is 12.0. The zero-order valence-electron chi connectivity index (χ0n) is 9.29. The molecule has 0 saturated carbocycles. The van der Waals surface area contributed by atoms with Crippen LogP contribution in [0.25, 0.3) is 0 Å². The Hall–Kier alpha value is -1.88. The van der Waals surface area contributed by atoms with Crippen LogP contribution >= 0.6 is 0 Å². The van der Waals surface area contributed by atoms with E-state index in [1.54, 1.807) is 31.2 Å². The number of hydrogen-bond acceptors (Lipinski definition) is 3. The number of aryl methyl sites for hydroxylation is 1. The van der Waals surface area contributed by atoms with Gasteiger partial charge in [-0.2, -0.15) is 0 Å². The van der Waals surface area contributed by atoms with Crippen LogP contribution in [0, 0.1) is 6.92 Å². The molecular formula is C12H12N2O2S. The van der Waals surface area contributed by atoms with E-state index in [9.17, 15) is 8.42 Å². The van der Waals surface area contributed by atoms with Gasteiger partial charge in [-0.1, -0.05) is 18.2 Å². The molecule has 0 spiro atoms. The normalized spacial score (nSPS) is 11.1. The van der Waals surface area contributed by atoms with Gasteiger partial charge in [-0.3, -0.25) is 9.71 Å². The van der Waals surface area contributed by atoms with Crippen LogP contribution in [0.2, 0.25) is 0 Å². The minimum Gasteiger partial charge on any atom is -0.280 e. The van der Waals surface area contributed by atoms with Gasteiger partial charge in [-0.25, -0.2) is 8.42 Å². The van der Waals surface area contributed by atoms with Crippen LogP contribution in [-0.4, -0.2) is 13.4 Å². The summed E-state index contributed by atoms with van der Waals surface area (Å²) in [4.78, 5) is 4.18. The van der Waals surface area contributed by atoms with Crippen LogP contribution in [0.5, 0.6) is 0 Å². The lowest BCUT2D eigenvalue weighted by molar-refractivity contribution is 0.601. The Morgan fingerprint density at radius 1 is 1.12 bits per heavy atom. The summed E-state index contributed by atoms with van der Waals surface area (Å²) in [5.41, 5.74) is 1.21. The predicted molar refractivity (Wildman–Crippen MR) is 66.2 cm³/mol. The summed E-state index contributed by atoms with van der Waals surface area (Å²) in [5, 5.41) is 0. The van der Waals surface area contributed by atoms with Gasteiger partial charge < -0.3 is 0 Å². The molecule has 1 aromatic heterocycles. The molecule has 0 unspecified atom stereocenters. The highest BCUT2D eigenvalue weighted by atomic mass is 32.2. The third-order valence-electron chi connectivity index (χ3n) is 2.20. The maximum Gasteiger partial charge on any atom is 0.262 e. The van der Waals surface area contributed by atoms with E-state index in [-0.39, 0.29) is 4.90 Å². The number of sulfonamides is 1. The number of hydrogen-bond donors (Lipinski definition) is 1. The molecule has 0 bridgehead atoms. The van der Waals surface area contributed by atoms with Crippen LogP contribution in [0.1, 0.15) is 5.69 Å². The number of aromatic nitrogens is 1. The second kappa shape index (κ2) is 4.55. The Bertz CT molecular complexity index is 609. The molecule has 88 valence electrons. The van der Waals surface area contributed by atoms with Crippen molar-refractivity contribution in [1.82, 2.24) is 4.98 Å². The highest BCUT2D eigenvalue weighted by Crippen LogP contribution is 2.15. The minimum absolute atomic E-state index is 0.217. The van der Waals surface area contributed by atoms with Gasteiger partial charge in [0.2, 0.25) is 0 Å². The van der Waals surface area contributed by atoms with Gasteiger partial charge in [-0.05, 0) is 31.2 Å². The predicted octanol–water partition coefficient (Wildman–Crippen LogP) is 2.19. The molecule has 2 rings (SSSR count). The fourth-order valence-electron chi connectivity index (χ4n) is 1.41. The van der Waals surface area contributed by atoms with Gasteiger partial charge in [0.25, 0.3) is 10.0 Å². The van der Waals surface area contributed by atoms with Crippen molar-refractivity contribution < 1.29 is 8.42 Å². The molecule has 0 radical (unpaired) electrons. The smallest absolute Gasteiger partial charge is 0.262 e. The van der Waals surface area contributed by atoms with Crippen molar-refractivity contribution >= 4 is 15.7 Å². The molecular weight excluding hydrogens is 236 g/mol. The molecule has 1 heterocycles. The summed E-state index contributed by atoms with van der Waals surface area (Å²) < 4.78 is 26.5. The number of nitrogens with zero attached hydrogens (tertiary/aromatic N) is 1. The first-order chi connectivity index (χ1) is 8.08. The third kappa shape index (κ3) is 2.82. The number of anilines is 1. The van der Waals surface area contributed by atoms with Crippen molar-refractivity contribution in [3.8, 4) is 0 Å². The van der Waals surface area contributed by atoms with Crippen LogP contribution in [0.4, 0.5) is 5.69 Å². The number of para-hydroxylation sites is 1. The molecule has 0 atom stereocenters. The van der Waals surface area contributed by atoms with E-state index in [1.807, 2.05) is 6.07 Å². The monoisotopic (exact) mass is 248 g/mol. The summed E-state index contributed by atoms with van der Waals surface area (Å²) in [6.45, 7) is 1.75. The first-order valence-corrected chi connectivity index (χ1v) is 6.57. The quantitative estimate of drug-likeness (QED) is 0.905. The molecule has 5 heteroatoms. The third-order valence-corrected chi connectivity index (χ3v) is 3.58. The zero-order valence-corrected chi connectivity index (χ0v) is 10.1. The van der Waals surface area contributed by atoms with Crippen molar-refractivity contribution in [3.63, 3.8) is 0 Å². The largest absolute Gasteiger partial charge is 0.280 e. The van der Waals surface area contributed by atoms with Crippen molar-refractivity contribution in [2.45, 2.75) is 11.8 Å². The summed E-state index contributed by atoms with van der Waals surface area (Å²) >= 11 is 0. The van der Waals surface area contributed by atoms with Crippen molar-refractivity contribution in [1.29, 1.82) is 0 Å². The van der Waals surface area contributed by atoms with E-state index in [1.165, 1.54) is 18.3 Å². The Morgan fingerprint density at radius 3 is 2.47 bits per heavy atom. The Balaban J connectivity index is 2.32. The fraction of sp³-hybridized carbons (Fsp3) is 0.0833. The summed E-state index contributed by atoms with van der Waals surface area (Å²) in [6.07, 6.45) is 1.48. The number of nitrogens with one attached hydrogen (secondary N) is 1. The molecule has 0 aliphatic heterocycles. The second-order valence-corrected chi connectivity index (χ2v) is 5.29. The molecule has 1 aromatic carbocycles. The van der Waals surface area contributed by atoms with Crippen molar-refractivity contribution in [3.05, 3.63) is 54.4 Å². The summed E-state index contributed by atoms with van der Waals surface area (Å²) in [6, 6.07) is 11.8. The van der Waals surface area contributed by atoms with E-state index < -0.39 is 10.0 Å². The number of benzene rings is 1. The molecule has 0 amide bonds. The molecule has 0 aliphatic rings. The molecule has 4 nitrogen and oxygen atoms in total. The standard InChI is InChI=1S/C12H12N2O2S/c1-10-9-12(7-8-13-10)17(15,16)14-11-5-3-2-4-6-11/h2-9,14H,1H3. The Kier molecular flexibility index (Phi) is 3.10. The second-order valence-electron chi connectivity index (χ2n) is 3.60. The first kappa shape index (κ1) is 11.6. The lowest BCUT2D eigenvalue weighted by Crippen LogP contribution is -2.13. The lowest BCUT2D eigenvalue weighted by atomic mass is 10.3. The van der Waals surface area contributed by atoms with Gasteiger partial charge in [0, 0.05) is 17.6 Å². The number of pyridine rings is 1. The fourth-order valence-corrected chi connectivity index (χ4v) is 2.54. The lowest BCUT2D eigenvalue weighted by Gasteiger charge is -2.07. The first-order valence-electron chi connectivity index (χ1n) is 5.08. The summed E-state index contributed by atoms with van der Waals surface area (Å²) in [7, 11) is -3.53. The Labute approximate surface area is 100 Å². The van der Waals surface area contributed by atoms with Crippen LogP contribution in [0.3, 0.4) is 0 Å². The van der Waals surface area contributed by atoms with Crippen molar-refractivity contribution in [2.75, 3.05) is 4.72 Å². The van der Waals surface area contributed by atoms with Crippen molar-refractivity contribution in [2.24, 2.45) is 0 Å². The maximum atomic E-state index is 12.0. The van der Waals surface area contributed by atoms with Gasteiger partial charge in [-0.15, -0.1) is 0 Å². The molecule has 0 saturated heterocycles. The molecule has 2 aromatic rings. The average molecular weight is 248 g/mol. The van der Waals surface area contributed by atoms with E-state index >= 15 is 0 Å². The van der Waals surface area contributed by atoms with Crippen LogP contribution in [0.15, 0.2) is 53.6 Å². The van der Waals surface area contributed by atoms with Gasteiger partial charge in [0.05, 0.1) is 4.90 Å². The average Bonchev–Trinajstić information content (AvgIpc) is 2.30. The van der Waals surface area contributed by atoms with E-state index in [0.29, 0.717) is 11.4 Å². The molecule has 17 heavy (non-hydrogen) atoms. The highest BCUT2D eigenvalue weighted by molar-refractivity contribution is 7.92. The highest BCUT2D eigenvalue weighted by Gasteiger charge is 2.13. The van der Waals surface area contributed by atoms with E-state index in [2.05, 4.69) is 9.71 Å². The summed E-state index contributed by atoms with van der Waals surface area (Å²) in [5.74, 6) is 0. The van der Waals surface area contributed by atoms with Gasteiger partial charge in [0.1, 0.15) is 0 Å². The topological polar surface area (TPSA) is 59.1 Å². The Morgan fingerprint density at radius 2 is 1.82 bits per heavy atom. The zero-order chi connectivity index (χ0) is 12.3. The van der Waals surface area contributed by atoms with E-state index in [4.69, 9.17) is 0 Å². The SMILES string of the molecule is Cc1cc(S(=O)(=O)Nc2ccccc2)ccn1. The van der Waals surface area contributed by atoms with Gasteiger partial charge in [0.15, 0.2) is 0 Å². The van der Waals surface area contributed by atoms with Gasteiger partial charge >= 0.3 is 0 Å². The number of rotatable bonds is 3. The van der Waals surface area contributed by atoms with Crippen LogP contribution in [-0.2, 0) is 10.0 Å².